The van der Waals surface area contributed by atoms with Crippen molar-refractivity contribution in [2.24, 2.45) is 0 Å². The first-order chi connectivity index (χ1) is 8.58. The molecule has 2 rings (SSSR count). The molecule has 0 atom stereocenters. The van der Waals surface area contributed by atoms with Gasteiger partial charge in [0, 0.05) is 17.6 Å². The predicted molar refractivity (Wildman–Crippen MR) is 69.8 cm³/mol. The number of rotatable bonds is 2. The Hall–Kier alpha value is -2.36. The SMILES string of the molecule is Cc1cc(NC(=O)c2cccnc2C)ccc1O. The number of hydrogen-bond acceptors (Lipinski definition) is 3. The highest BCUT2D eigenvalue weighted by atomic mass is 16.3. The van der Waals surface area contributed by atoms with Crippen molar-refractivity contribution >= 4 is 11.6 Å². The van der Waals surface area contributed by atoms with E-state index >= 15 is 0 Å². The minimum atomic E-state index is -0.203. The summed E-state index contributed by atoms with van der Waals surface area (Å²) < 4.78 is 0. The average molecular weight is 242 g/mol. The van der Waals surface area contributed by atoms with E-state index in [2.05, 4.69) is 10.3 Å². The van der Waals surface area contributed by atoms with Crippen molar-refractivity contribution in [3.63, 3.8) is 0 Å². The number of phenolic OH excluding ortho intramolecular Hbond substituents is 1. The molecule has 0 unspecified atom stereocenters. The van der Waals surface area contributed by atoms with Crippen LogP contribution in [0.5, 0.6) is 5.75 Å². The number of anilines is 1. The number of aromatic nitrogens is 1. The summed E-state index contributed by atoms with van der Waals surface area (Å²) in [4.78, 5) is 16.1. The van der Waals surface area contributed by atoms with Crippen molar-refractivity contribution in [1.29, 1.82) is 0 Å². The number of carbonyl (C=O) groups is 1. The van der Waals surface area contributed by atoms with Crippen molar-refractivity contribution in [3.8, 4) is 5.75 Å². The van der Waals surface area contributed by atoms with Gasteiger partial charge in [0.2, 0.25) is 0 Å². The molecule has 0 saturated carbocycles. The van der Waals surface area contributed by atoms with Gasteiger partial charge < -0.3 is 10.4 Å². The Kier molecular flexibility index (Phi) is 3.28. The van der Waals surface area contributed by atoms with Gasteiger partial charge in [0.25, 0.3) is 5.91 Å². The second-order valence-corrected chi connectivity index (χ2v) is 4.09. The van der Waals surface area contributed by atoms with Crippen molar-refractivity contribution in [3.05, 3.63) is 53.3 Å². The highest BCUT2D eigenvalue weighted by molar-refractivity contribution is 6.05. The monoisotopic (exact) mass is 242 g/mol. The Morgan fingerprint density at radius 2 is 2.06 bits per heavy atom. The molecule has 0 saturated heterocycles. The van der Waals surface area contributed by atoms with Crippen LogP contribution in [-0.4, -0.2) is 16.0 Å². The van der Waals surface area contributed by atoms with Crippen LogP contribution in [0.1, 0.15) is 21.6 Å². The van der Waals surface area contributed by atoms with Gasteiger partial charge in [-0.3, -0.25) is 9.78 Å². The number of carbonyl (C=O) groups excluding carboxylic acids is 1. The third kappa shape index (κ3) is 2.48. The first-order valence-corrected chi connectivity index (χ1v) is 5.60. The fourth-order valence-corrected chi connectivity index (χ4v) is 1.66. The number of amides is 1. The summed E-state index contributed by atoms with van der Waals surface area (Å²) in [6, 6.07) is 8.39. The van der Waals surface area contributed by atoms with E-state index in [4.69, 9.17) is 0 Å². The topological polar surface area (TPSA) is 62.2 Å². The number of hydrogen-bond donors (Lipinski definition) is 2. The minimum Gasteiger partial charge on any atom is -0.508 e. The zero-order valence-corrected chi connectivity index (χ0v) is 10.3. The van der Waals surface area contributed by atoms with E-state index in [9.17, 15) is 9.90 Å². The van der Waals surface area contributed by atoms with Crippen LogP contribution in [0, 0.1) is 13.8 Å². The van der Waals surface area contributed by atoms with E-state index in [1.807, 2.05) is 0 Å². The van der Waals surface area contributed by atoms with Gasteiger partial charge >= 0.3 is 0 Å². The lowest BCUT2D eigenvalue weighted by Crippen LogP contribution is -2.13. The molecule has 4 nitrogen and oxygen atoms in total. The second kappa shape index (κ2) is 4.87. The maximum Gasteiger partial charge on any atom is 0.257 e. The van der Waals surface area contributed by atoms with Crippen LogP contribution in [-0.2, 0) is 0 Å². The number of aryl methyl sites for hydroxylation is 2. The smallest absolute Gasteiger partial charge is 0.257 e. The van der Waals surface area contributed by atoms with Crippen LogP contribution < -0.4 is 5.32 Å². The van der Waals surface area contributed by atoms with Crippen LogP contribution in [0.3, 0.4) is 0 Å². The molecule has 1 heterocycles. The van der Waals surface area contributed by atoms with Gasteiger partial charge in [0.05, 0.1) is 5.56 Å². The number of nitrogens with zero attached hydrogens (tertiary/aromatic N) is 1. The summed E-state index contributed by atoms with van der Waals surface area (Å²) in [7, 11) is 0. The Labute approximate surface area is 105 Å². The van der Waals surface area contributed by atoms with Crippen LogP contribution in [0.4, 0.5) is 5.69 Å². The lowest BCUT2D eigenvalue weighted by Gasteiger charge is -2.08. The Morgan fingerprint density at radius 3 is 2.72 bits per heavy atom. The molecule has 1 aromatic carbocycles. The van der Waals surface area contributed by atoms with Gasteiger partial charge in [-0.1, -0.05) is 0 Å². The van der Waals surface area contributed by atoms with Gasteiger partial charge in [-0.25, -0.2) is 0 Å². The predicted octanol–water partition coefficient (Wildman–Crippen LogP) is 2.66. The third-order valence-corrected chi connectivity index (χ3v) is 2.71. The number of nitrogens with one attached hydrogen (secondary N) is 1. The molecule has 0 bridgehead atoms. The lowest BCUT2D eigenvalue weighted by atomic mass is 10.1. The molecule has 0 fully saturated rings. The van der Waals surface area contributed by atoms with Crippen LogP contribution in [0.15, 0.2) is 36.5 Å². The molecule has 1 aromatic heterocycles. The molecule has 92 valence electrons. The fraction of sp³-hybridized carbons (Fsp3) is 0.143. The maximum atomic E-state index is 12.0. The summed E-state index contributed by atoms with van der Waals surface area (Å²) in [6.45, 7) is 3.57. The number of aromatic hydroxyl groups is 1. The van der Waals surface area contributed by atoms with Gasteiger partial charge in [0.1, 0.15) is 5.75 Å². The van der Waals surface area contributed by atoms with E-state index in [0.29, 0.717) is 16.9 Å². The standard InChI is InChI=1S/C14H14N2O2/c1-9-8-11(5-6-13(9)17)16-14(18)12-4-3-7-15-10(12)2/h3-8,17H,1-2H3,(H,16,18). The number of pyridine rings is 1. The van der Waals surface area contributed by atoms with Crippen molar-refractivity contribution < 1.29 is 9.90 Å². The molecule has 2 N–H and O–H groups in total. The first kappa shape index (κ1) is 12.1. The highest BCUT2D eigenvalue weighted by Crippen LogP contribution is 2.20. The van der Waals surface area contributed by atoms with Crippen LogP contribution >= 0.6 is 0 Å². The molecule has 0 aliphatic rings. The summed E-state index contributed by atoms with van der Waals surface area (Å²) in [6.07, 6.45) is 1.65. The molecule has 18 heavy (non-hydrogen) atoms. The normalized spacial score (nSPS) is 10.1. The Balaban J connectivity index is 2.22. The van der Waals surface area contributed by atoms with Crippen molar-refractivity contribution in [1.82, 2.24) is 4.98 Å². The van der Waals surface area contributed by atoms with Gasteiger partial charge in [-0.05, 0) is 49.7 Å². The van der Waals surface area contributed by atoms with Gasteiger partial charge in [-0.15, -0.1) is 0 Å². The molecular formula is C14H14N2O2. The van der Waals surface area contributed by atoms with E-state index < -0.39 is 0 Å². The summed E-state index contributed by atoms with van der Waals surface area (Å²) in [5, 5.41) is 12.2. The quantitative estimate of drug-likeness (QED) is 0.796. The molecule has 0 radical (unpaired) electrons. The second-order valence-electron chi connectivity index (χ2n) is 4.09. The van der Waals surface area contributed by atoms with Gasteiger partial charge in [-0.2, -0.15) is 0 Å². The molecule has 2 aromatic rings. The van der Waals surface area contributed by atoms with E-state index in [1.54, 1.807) is 50.4 Å². The summed E-state index contributed by atoms with van der Waals surface area (Å²) >= 11 is 0. The molecule has 1 amide bonds. The fourth-order valence-electron chi connectivity index (χ4n) is 1.66. The Morgan fingerprint density at radius 1 is 1.28 bits per heavy atom. The van der Waals surface area contributed by atoms with Crippen molar-refractivity contribution in [2.75, 3.05) is 5.32 Å². The lowest BCUT2D eigenvalue weighted by molar-refractivity contribution is 0.102. The molecule has 0 aliphatic carbocycles. The largest absolute Gasteiger partial charge is 0.508 e. The first-order valence-electron chi connectivity index (χ1n) is 5.60. The van der Waals surface area contributed by atoms with E-state index in [-0.39, 0.29) is 11.7 Å². The van der Waals surface area contributed by atoms with Crippen LogP contribution in [0.25, 0.3) is 0 Å². The van der Waals surface area contributed by atoms with Crippen molar-refractivity contribution in [2.45, 2.75) is 13.8 Å². The average Bonchev–Trinajstić information content (AvgIpc) is 2.34. The maximum absolute atomic E-state index is 12.0. The molecule has 0 spiro atoms. The summed E-state index contributed by atoms with van der Waals surface area (Å²) in [5.41, 5.74) is 2.60. The molecule has 4 heteroatoms. The zero-order valence-electron chi connectivity index (χ0n) is 10.3. The van der Waals surface area contributed by atoms with Crippen LogP contribution in [0.2, 0.25) is 0 Å². The molecule has 0 aliphatic heterocycles. The number of phenols is 1. The zero-order chi connectivity index (χ0) is 13.1. The molecular weight excluding hydrogens is 228 g/mol. The number of benzene rings is 1. The summed E-state index contributed by atoms with van der Waals surface area (Å²) in [5.74, 6) is 0.0104. The highest BCUT2D eigenvalue weighted by Gasteiger charge is 2.09. The van der Waals surface area contributed by atoms with E-state index in [1.165, 1.54) is 0 Å². The van der Waals surface area contributed by atoms with E-state index in [0.717, 1.165) is 5.56 Å². The minimum absolute atomic E-state index is 0.203. The third-order valence-electron chi connectivity index (χ3n) is 2.71. The van der Waals surface area contributed by atoms with Gasteiger partial charge in [0.15, 0.2) is 0 Å². The Bertz CT molecular complexity index is 594.